The van der Waals surface area contributed by atoms with Crippen molar-refractivity contribution in [2.45, 2.75) is 6.92 Å². The molecule has 0 atom stereocenters. The van der Waals surface area contributed by atoms with E-state index in [0.717, 1.165) is 3.79 Å². The zero-order valence-corrected chi connectivity index (χ0v) is 8.62. The van der Waals surface area contributed by atoms with Crippen molar-refractivity contribution in [1.29, 1.82) is 0 Å². The topological polar surface area (TPSA) is 35.5 Å². The number of halogens is 1. The van der Waals surface area contributed by atoms with E-state index in [0.29, 0.717) is 16.4 Å². The van der Waals surface area contributed by atoms with Gasteiger partial charge in [-0.1, -0.05) is 0 Å². The van der Waals surface area contributed by atoms with Crippen LogP contribution in [-0.2, 0) is 0 Å². The van der Waals surface area contributed by atoms with E-state index < -0.39 is 0 Å². The molecule has 0 aliphatic carbocycles. The Morgan fingerprint density at radius 2 is 2.17 bits per heavy atom. The lowest BCUT2D eigenvalue weighted by atomic mass is 10.3. The molecule has 0 bridgehead atoms. The molecule has 0 N–H and O–H groups in total. The van der Waals surface area contributed by atoms with Gasteiger partial charge in [-0.2, -0.15) is 0 Å². The molecule has 0 radical (unpaired) electrons. The first-order chi connectivity index (χ1) is 5.70. The number of carbonyl (C=O) groups excluding carboxylic acids is 1. The zero-order valence-electron chi connectivity index (χ0n) is 6.22. The van der Waals surface area contributed by atoms with Crippen molar-refractivity contribution in [2.75, 3.05) is 6.79 Å². The Morgan fingerprint density at radius 1 is 1.50 bits per heavy atom. The fourth-order valence-corrected chi connectivity index (χ4v) is 2.60. The number of ketones is 1. The van der Waals surface area contributed by atoms with E-state index in [1.165, 1.54) is 18.3 Å². The lowest BCUT2D eigenvalue weighted by Crippen LogP contribution is -1.96. The number of rotatable bonds is 1. The summed E-state index contributed by atoms with van der Waals surface area (Å²) in [5.41, 5.74) is 0. The first-order valence-corrected chi connectivity index (χ1v) is 4.90. The fraction of sp³-hybridized carbons (Fsp3) is 0.286. The highest BCUT2D eigenvalue weighted by Gasteiger charge is 2.26. The van der Waals surface area contributed by atoms with E-state index >= 15 is 0 Å². The first-order valence-electron chi connectivity index (χ1n) is 3.29. The van der Waals surface area contributed by atoms with Gasteiger partial charge < -0.3 is 9.47 Å². The normalized spacial score (nSPS) is 13.5. The summed E-state index contributed by atoms with van der Waals surface area (Å²) < 4.78 is 11.1. The minimum atomic E-state index is 0.00690. The van der Waals surface area contributed by atoms with E-state index in [4.69, 9.17) is 9.47 Å². The van der Waals surface area contributed by atoms with Crippen LogP contribution in [0.3, 0.4) is 0 Å². The SMILES string of the molecule is CC(=O)c1sc(Br)c2c1OCO2. The van der Waals surface area contributed by atoms with Crippen LogP contribution >= 0.6 is 27.3 Å². The molecule has 1 aromatic rings. The number of ether oxygens (including phenoxy) is 2. The van der Waals surface area contributed by atoms with Crippen molar-refractivity contribution in [1.82, 2.24) is 0 Å². The second kappa shape index (κ2) is 2.74. The Kier molecular flexibility index (Phi) is 1.84. The van der Waals surface area contributed by atoms with Gasteiger partial charge in [-0.3, -0.25) is 4.79 Å². The maximum Gasteiger partial charge on any atom is 0.231 e. The number of thiophene rings is 1. The van der Waals surface area contributed by atoms with Crippen LogP contribution in [0.25, 0.3) is 0 Å². The lowest BCUT2D eigenvalue weighted by molar-refractivity contribution is 0.101. The Balaban J connectivity index is 2.58. The van der Waals surface area contributed by atoms with E-state index in [2.05, 4.69) is 15.9 Å². The summed E-state index contributed by atoms with van der Waals surface area (Å²) in [7, 11) is 0. The Bertz CT molecular complexity index is 345. The molecule has 0 spiro atoms. The molecule has 64 valence electrons. The van der Waals surface area contributed by atoms with Gasteiger partial charge in [0.1, 0.15) is 8.66 Å². The lowest BCUT2D eigenvalue weighted by Gasteiger charge is -1.93. The molecule has 1 aliphatic rings. The number of fused-ring (bicyclic) bond motifs is 1. The van der Waals surface area contributed by atoms with Crippen LogP contribution in [0.15, 0.2) is 3.79 Å². The quantitative estimate of drug-likeness (QED) is 0.717. The Morgan fingerprint density at radius 3 is 2.83 bits per heavy atom. The third-order valence-electron chi connectivity index (χ3n) is 1.51. The van der Waals surface area contributed by atoms with Gasteiger partial charge in [-0.15, -0.1) is 11.3 Å². The van der Waals surface area contributed by atoms with Crippen molar-refractivity contribution in [3.63, 3.8) is 0 Å². The second-order valence-electron chi connectivity index (χ2n) is 2.33. The highest BCUT2D eigenvalue weighted by Crippen LogP contribution is 2.48. The Labute approximate surface area is 81.4 Å². The summed E-state index contributed by atoms with van der Waals surface area (Å²) >= 11 is 4.64. The molecule has 2 rings (SSSR count). The minimum Gasteiger partial charge on any atom is -0.452 e. The summed E-state index contributed by atoms with van der Waals surface area (Å²) in [4.78, 5) is 11.7. The van der Waals surface area contributed by atoms with E-state index in [9.17, 15) is 4.79 Å². The van der Waals surface area contributed by atoms with Gasteiger partial charge in [-0.05, 0) is 15.9 Å². The highest BCUT2D eigenvalue weighted by atomic mass is 79.9. The summed E-state index contributed by atoms with van der Waals surface area (Å²) in [5, 5.41) is 0. The van der Waals surface area contributed by atoms with Crippen LogP contribution in [0.1, 0.15) is 16.6 Å². The molecule has 3 nitrogen and oxygen atoms in total. The molecular weight excluding hydrogens is 244 g/mol. The highest BCUT2D eigenvalue weighted by molar-refractivity contribution is 9.11. The van der Waals surface area contributed by atoms with Crippen LogP contribution in [0.2, 0.25) is 0 Å². The third kappa shape index (κ3) is 1.04. The van der Waals surface area contributed by atoms with Gasteiger partial charge in [0.15, 0.2) is 17.3 Å². The molecular formula is C7H5BrO3S. The number of hydrogen-bond acceptors (Lipinski definition) is 4. The molecule has 5 heteroatoms. The fourth-order valence-electron chi connectivity index (χ4n) is 1.01. The third-order valence-corrected chi connectivity index (χ3v) is 3.40. The van der Waals surface area contributed by atoms with Crippen molar-refractivity contribution < 1.29 is 14.3 Å². The van der Waals surface area contributed by atoms with Crippen molar-refractivity contribution in [2.24, 2.45) is 0 Å². The predicted octanol–water partition coefficient (Wildman–Crippen LogP) is 2.44. The van der Waals surface area contributed by atoms with Gasteiger partial charge in [0.25, 0.3) is 0 Å². The zero-order chi connectivity index (χ0) is 8.72. The maximum atomic E-state index is 11.1. The average molecular weight is 249 g/mol. The van der Waals surface area contributed by atoms with Crippen LogP contribution < -0.4 is 9.47 Å². The largest absolute Gasteiger partial charge is 0.452 e. The average Bonchev–Trinajstić information content (AvgIpc) is 2.53. The van der Waals surface area contributed by atoms with E-state index in [1.807, 2.05) is 0 Å². The summed E-state index contributed by atoms with van der Waals surface area (Å²) in [6, 6.07) is 0. The number of carbonyl (C=O) groups is 1. The molecule has 2 heterocycles. The summed E-state index contributed by atoms with van der Waals surface area (Å²) in [6.45, 7) is 1.72. The predicted molar refractivity (Wildman–Crippen MR) is 48.1 cm³/mol. The molecule has 0 fully saturated rings. The van der Waals surface area contributed by atoms with Gasteiger partial charge in [0.2, 0.25) is 6.79 Å². The molecule has 1 aromatic heterocycles. The van der Waals surface area contributed by atoms with Crippen molar-refractivity contribution >= 4 is 33.0 Å². The van der Waals surface area contributed by atoms with Crippen LogP contribution in [-0.4, -0.2) is 12.6 Å². The van der Waals surface area contributed by atoms with Crippen molar-refractivity contribution in [3.05, 3.63) is 8.66 Å². The van der Waals surface area contributed by atoms with Gasteiger partial charge in [0, 0.05) is 6.92 Å². The molecule has 0 saturated heterocycles. The molecule has 1 aliphatic heterocycles. The van der Waals surface area contributed by atoms with E-state index in [1.54, 1.807) is 0 Å². The van der Waals surface area contributed by atoms with Crippen LogP contribution in [0, 0.1) is 0 Å². The number of hydrogen-bond donors (Lipinski definition) is 0. The van der Waals surface area contributed by atoms with E-state index in [-0.39, 0.29) is 12.6 Å². The minimum absolute atomic E-state index is 0.00690. The van der Waals surface area contributed by atoms with Gasteiger partial charge in [0.05, 0.1) is 0 Å². The second-order valence-corrected chi connectivity index (χ2v) is 4.66. The van der Waals surface area contributed by atoms with Crippen LogP contribution in [0.4, 0.5) is 0 Å². The first kappa shape index (κ1) is 8.07. The summed E-state index contributed by atoms with van der Waals surface area (Å²) in [5.74, 6) is 1.25. The molecule has 0 aromatic carbocycles. The monoisotopic (exact) mass is 248 g/mol. The smallest absolute Gasteiger partial charge is 0.231 e. The molecule has 0 unspecified atom stereocenters. The molecule has 12 heavy (non-hydrogen) atoms. The standard InChI is InChI=1S/C7H5BrO3S/c1-3(9)6-4-5(7(8)12-6)11-2-10-4/h2H2,1H3. The summed E-state index contributed by atoms with van der Waals surface area (Å²) in [6.07, 6.45) is 0. The maximum absolute atomic E-state index is 11.1. The van der Waals surface area contributed by atoms with Crippen LogP contribution in [0.5, 0.6) is 11.5 Å². The Hall–Kier alpha value is -0.550. The molecule has 0 saturated carbocycles. The van der Waals surface area contributed by atoms with Gasteiger partial charge in [-0.25, -0.2) is 0 Å². The number of Topliss-reactive ketones (excluding diaryl/α,β-unsaturated/α-hetero) is 1. The molecule has 0 amide bonds. The van der Waals surface area contributed by atoms with Crippen molar-refractivity contribution in [3.8, 4) is 11.5 Å². The van der Waals surface area contributed by atoms with Gasteiger partial charge >= 0.3 is 0 Å².